The Hall–Kier alpha value is -1.02. The van der Waals surface area contributed by atoms with Gasteiger partial charge in [0.05, 0.1) is 0 Å². The quantitative estimate of drug-likeness (QED) is 0.672. The largest absolute Gasteiger partial charge is 0.385 e. The molecule has 1 atom stereocenters. The Labute approximate surface area is 91.1 Å². The average molecular weight is 202 g/mol. The fourth-order valence-corrected chi connectivity index (χ4v) is 3.25. The first kappa shape index (κ1) is 9.22. The lowest BCUT2D eigenvalue weighted by Gasteiger charge is -2.37. The summed E-state index contributed by atoms with van der Waals surface area (Å²) in [7, 11) is 0. The molecule has 2 aliphatic heterocycles. The molecule has 2 nitrogen and oxygen atoms in total. The van der Waals surface area contributed by atoms with Crippen molar-refractivity contribution in [2.45, 2.75) is 25.2 Å². The van der Waals surface area contributed by atoms with Crippen molar-refractivity contribution in [3.63, 3.8) is 0 Å². The van der Waals surface area contributed by atoms with Crippen LogP contribution in [0.25, 0.3) is 0 Å². The Kier molecular flexibility index (Phi) is 1.99. The van der Waals surface area contributed by atoms with Gasteiger partial charge >= 0.3 is 0 Å². The van der Waals surface area contributed by atoms with Crippen molar-refractivity contribution in [2.75, 3.05) is 25.0 Å². The molecule has 0 aliphatic carbocycles. The van der Waals surface area contributed by atoms with Gasteiger partial charge < -0.3 is 10.6 Å². The highest BCUT2D eigenvalue weighted by molar-refractivity contribution is 5.60. The first-order valence-corrected chi connectivity index (χ1v) is 5.87. The fraction of sp³-hybridized carbons (Fsp3) is 0.538. The molecule has 1 aromatic carbocycles. The van der Waals surface area contributed by atoms with Crippen LogP contribution in [0.5, 0.6) is 0 Å². The van der Waals surface area contributed by atoms with Crippen LogP contribution in [-0.2, 0) is 5.41 Å². The Morgan fingerprint density at radius 3 is 2.87 bits per heavy atom. The number of anilines is 1. The van der Waals surface area contributed by atoms with E-state index in [9.17, 15) is 0 Å². The standard InChI is InChI=1S/C13H18N2/c1-10-3-2-4-11-12(10)13(6-8-15-11)5-7-14-9-13/h2-4,14-15H,5-9H2,1H3. The van der Waals surface area contributed by atoms with Gasteiger partial charge in [0.25, 0.3) is 0 Å². The van der Waals surface area contributed by atoms with E-state index in [0.29, 0.717) is 5.41 Å². The lowest BCUT2D eigenvalue weighted by Crippen LogP contribution is -2.36. The molecule has 1 unspecified atom stereocenters. The van der Waals surface area contributed by atoms with Gasteiger partial charge in [0.15, 0.2) is 0 Å². The molecule has 1 saturated heterocycles. The van der Waals surface area contributed by atoms with Gasteiger partial charge in [-0.2, -0.15) is 0 Å². The van der Waals surface area contributed by atoms with Crippen LogP contribution in [0.1, 0.15) is 24.0 Å². The number of nitrogens with one attached hydrogen (secondary N) is 2. The first-order valence-electron chi connectivity index (χ1n) is 5.87. The lowest BCUT2D eigenvalue weighted by molar-refractivity contribution is 0.432. The second-order valence-corrected chi connectivity index (χ2v) is 4.88. The molecule has 80 valence electrons. The molecule has 1 spiro atoms. The zero-order chi connectivity index (χ0) is 10.3. The summed E-state index contributed by atoms with van der Waals surface area (Å²) in [4.78, 5) is 0. The highest BCUT2D eigenvalue weighted by atomic mass is 15.0. The summed E-state index contributed by atoms with van der Waals surface area (Å²) in [5.41, 5.74) is 4.81. The Bertz CT molecular complexity index is 378. The molecule has 2 heterocycles. The van der Waals surface area contributed by atoms with Crippen LogP contribution in [0.2, 0.25) is 0 Å². The third-order valence-corrected chi connectivity index (χ3v) is 3.97. The van der Waals surface area contributed by atoms with Crippen molar-refractivity contribution < 1.29 is 0 Å². The molecule has 0 radical (unpaired) electrons. The van der Waals surface area contributed by atoms with Crippen molar-refractivity contribution in [1.82, 2.24) is 5.32 Å². The van der Waals surface area contributed by atoms with Gasteiger partial charge in [-0.25, -0.2) is 0 Å². The van der Waals surface area contributed by atoms with Gasteiger partial charge in [-0.3, -0.25) is 0 Å². The van der Waals surface area contributed by atoms with Crippen LogP contribution in [-0.4, -0.2) is 19.6 Å². The minimum Gasteiger partial charge on any atom is -0.385 e. The van der Waals surface area contributed by atoms with E-state index < -0.39 is 0 Å². The Morgan fingerprint density at radius 2 is 2.07 bits per heavy atom. The van der Waals surface area contributed by atoms with Crippen LogP contribution >= 0.6 is 0 Å². The second-order valence-electron chi connectivity index (χ2n) is 4.88. The molecule has 2 heteroatoms. The zero-order valence-electron chi connectivity index (χ0n) is 9.27. The molecule has 0 bridgehead atoms. The van der Waals surface area contributed by atoms with Crippen molar-refractivity contribution in [1.29, 1.82) is 0 Å². The van der Waals surface area contributed by atoms with Gasteiger partial charge in [-0.05, 0) is 43.5 Å². The minimum absolute atomic E-state index is 0.423. The van der Waals surface area contributed by atoms with Crippen molar-refractivity contribution in [2.24, 2.45) is 0 Å². The van der Waals surface area contributed by atoms with Gasteiger partial charge in [-0.15, -0.1) is 0 Å². The number of benzene rings is 1. The van der Waals surface area contributed by atoms with Gasteiger partial charge in [0.1, 0.15) is 0 Å². The summed E-state index contributed by atoms with van der Waals surface area (Å²) in [6.45, 7) is 5.70. The van der Waals surface area contributed by atoms with E-state index >= 15 is 0 Å². The maximum Gasteiger partial charge on any atom is 0.0381 e. The molecular formula is C13H18N2. The van der Waals surface area contributed by atoms with Crippen LogP contribution < -0.4 is 10.6 Å². The van der Waals surface area contributed by atoms with Gasteiger partial charge in [0, 0.05) is 24.2 Å². The van der Waals surface area contributed by atoms with E-state index in [1.165, 1.54) is 30.6 Å². The summed E-state index contributed by atoms with van der Waals surface area (Å²) in [6.07, 6.45) is 2.57. The molecule has 15 heavy (non-hydrogen) atoms. The summed E-state index contributed by atoms with van der Waals surface area (Å²) < 4.78 is 0. The highest BCUT2D eigenvalue weighted by Gasteiger charge is 2.39. The molecule has 0 aromatic heterocycles. The highest BCUT2D eigenvalue weighted by Crippen LogP contribution is 2.42. The maximum atomic E-state index is 3.53. The number of aryl methyl sites for hydroxylation is 1. The SMILES string of the molecule is Cc1cccc2c1C1(CCNC1)CCN2. The average Bonchev–Trinajstić information content (AvgIpc) is 2.67. The van der Waals surface area contributed by atoms with Crippen LogP contribution in [0.4, 0.5) is 5.69 Å². The molecule has 2 aliphatic rings. The monoisotopic (exact) mass is 202 g/mol. The van der Waals surface area contributed by atoms with E-state index in [4.69, 9.17) is 0 Å². The van der Waals surface area contributed by atoms with E-state index in [-0.39, 0.29) is 0 Å². The molecule has 0 amide bonds. The van der Waals surface area contributed by atoms with E-state index in [2.05, 4.69) is 35.8 Å². The molecule has 1 fully saturated rings. The second kappa shape index (κ2) is 3.24. The third kappa shape index (κ3) is 1.28. The summed E-state index contributed by atoms with van der Waals surface area (Å²) in [6, 6.07) is 6.62. The normalized spacial score (nSPS) is 28.9. The Balaban J connectivity index is 2.16. The molecular weight excluding hydrogens is 184 g/mol. The number of rotatable bonds is 0. The number of fused-ring (bicyclic) bond motifs is 2. The van der Waals surface area contributed by atoms with Crippen LogP contribution in [0.15, 0.2) is 18.2 Å². The number of hydrogen-bond acceptors (Lipinski definition) is 2. The minimum atomic E-state index is 0.423. The summed E-state index contributed by atoms with van der Waals surface area (Å²) in [5, 5.41) is 7.05. The number of hydrogen-bond donors (Lipinski definition) is 2. The van der Waals surface area contributed by atoms with Crippen LogP contribution in [0.3, 0.4) is 0 Å². The predicted octanol–water partition coefficient (Wildman–Crippen LogP) is 2.04. The summed E-state index contributed by atoms with van der Waals surface area (Å²) in [5.74, 6) is 0. The third-order valence-electron chi connectivity index (χ3n) is 3.97. The van der Waals surface area contributed by atoms with Crippen molar-refractivity contribution in [3.8, 4) is 0 Å². The van der Waals surface area contributed by atoms with E-state index in [1.807, 2.05) is 0 Å². The van der Waals surface area contributed by atoms with E-state index in [0.717, 1.165) is 13.1 Å². The smallest absolute Gasteiger partial charge is 0.0381 e. The Morgan fingerprint density at radius 1 is 1.20 bits per heavy atom. The zero-order valence-corrected chi connectivity index (χ0v) is 9.27. The first-order chi connectivity index (χ1) is 7.32. The van der Waals surface area contributed by atoms with Crippen molar-refractivity contribution in [3.05, 3.63) is 29.3 Å². The van der Waals surface area contributed by atoms with Gasteiger partial charge in [-0.1, -0.05) is 12.1 Å². The molecule has 2 N–H and O–H groups in total. The van der Waals surface area contributed by atoms with E-state index in [1.54, 1.807) is 5.56 Å². The fourth-order valence-electron chi connectivity index (χ4n) is 3.25. The molecule has 3 rings (SSSR count). The molecule has 1 aromatic rings. The lowest BCUT2D eigenvalue weighted by atomic mass is 9.72. The maximum absolute atomic E-state index is 3.53. The molecule has 0 saturated carbocycles. The predicted molar refractivity (Wildman–Crippen MR) is 63.5 cm³/mol. The van der Waals surface area contributed by atoms with Crippen molar-refractivity contribution >= 4 is 5.69 Å². The van der Waals surface area contributed by atoms with Crippen LogP contribution in [0, 0.1) is 6.92 Å². The topological polar surface area (TPSA) is 24.1 Å². The summed E-state index contributed by atoms with van der Waals surface area (Å²) >= 11 is 0. The van der Waals surface area contributed by atoms with Gasteiger partial charge in [0.2, 0.25) is 0 Å².